The Morgan fingerprint density at radius 2 is 1.88 bits per heavy atom. The third-order valence-corrected chi connectivity index (χ3v) is 7.19. The van der Waals surface area contributed by atoms with Gasteiger partial charge in [-0.15, -0.1) is 0 Å². The summed E-state index contributed by atoms with van der Waals surface area (Å²) in [6.45, 7) is 3.10. The van der Waals surface area contributed by atoms with Crippen molar-refractivity contribution in [3.63, 3.8) is 0 Å². The number of nitrogens with zero attached hydrogens (tertiary/aromatic N) is 2. The van der Waals surface area contributed by atoms with E-state index in [1.165, 1.54) is 30.2 Å². The first-order chi connectivity index (χ1) is 15.5. The smallest absolute Gasteiger partial charge is 0.279 e. The van der Waals surface area contributed by atoms with Crippen molar-refractivity contribution in [3.8, 4) is 16.7 Å². The van der Waals surface area contributed by atoms with E-state index >= 15 is 0 Å². The Morgan fingerprint density at radius 3 is 2.56 bits per heavy atom. The maximum absolute atomic E-state index is 13.8. The van der Waals surface area contributed by atoms with Crippen molar-refractivity contribution in [1.29, 1.82) is 0 Å². The Morgan fingerprint density at radius 1 is 1.16 bits per heavy atom. The summed E-state index contributed by atoms with van der Waals surface area (Å²) in [4.78, 5) is 18.1. The molecule has 2 aliphatic rings. The summed E-state index contributed by atoms with van der Waals surface area (Å²) in [5.41, 5.74) is 0.336. The quantitative estimate of drug-likeness (QED) is 0.558. The largest absolute Gasteiger partial charge is 0.492 e. The zero-order valence-electron chi connectivity index (χ0n) is 17.9. The van der Waals surface area contributed by atoms with Crippen molar-refractivity contribution in [2.45, 2.75) is 50.7 Å². The number of hydrogen-bond donors (Lipinski definition) is 1. The highest BCUT2D eigenvalue weighted by atomic mass is 32.1. The van der Waals surface area contributed by atoms with Crippen LogP contribution in [0.4, 0.5) is 4.39 Å². The van der Waals surface area contributed by atoms with Gasteiger partial charge in [0.25, 0.3) is 5.19 Å². The number of hydrogen-bond acceptors (Lipinski definition) is 6. The zero-order chi connectivity index (χ0) is 22.1. The number of carbonyl (C=O) groups excluding carboxylic acids is 1. The molecule has 3 aromatic rings. The molecule has 6 nitrogen and oxygen atoms in total. The number of piperidine rings is 1. The Hall–Kier alpha value is -2.71. The Balaban J connectivity index is 1.12. The van der Waals surface area contributed by atoms with E-state index in [0.29, 0.717) is 41.2 Å². The molecule has 0 spiro atoms. The summed E-state index contributed by atoms with van der Waals surface area (Å²) < 4.78 is 26.3. The molecule has 0 radical (unpaired) electrons. The lowest BCUT2D eigenvalue weighted by atomic mass is 9.97. The van der Waals surface area contributed by atoms with E-state index < -0.39 is 0 Å². The van der Waals surface area contributed by atoms with Gasteiger partial charge in [0.1, 0.15) is 29.4 Å². The summed E-state index contributed by atoms with van der Waals surface area (Å²) in [6, 6.07) is 13.7. The lowest BCUT2D eigenvalue weighted by Crippen LogP contribution is -2.51. The molecule has 32 heavy (non-hydrogen) atoms. The number of para-hydroxylation sites is 1. The van der Waals surface area contributed by atoms with Gasteiger partial charge in [0, 0.05) is 31.6 Å². The molecule has 2 bridgehead atoms. The number of thiazole rings is 1. The van der Waals surface area contributed by atoms with Gasteiger partial charge < -0.3 is 14.8 Å². The van der Waals surface area contributed by atoms with Crippen LogP contribution in [0.25, 0.3) is 10.2 Å². The molecule has 1 amide bonds. The summed E-state index contributed by atoms with van der Waals surface area (Å²) in [5, 5.41) is 3.50. The first-order valence-corrected chi connectivity index (χ1v) is 11.9. The second-order valence-corrected chi connectivity index (χ2v) is 9.47. The molecule has 2 unspecified atom stereocenters. The minimum atomic E-state index is -0.342. The summed E-state index contributed by atoms with van der Waals surface area (Å²) in [5.74, 6) is 1.14. The average molecular weight is 456 g/mol. The lowest BCUT2D eigenvalue weighted by molar-refractivity contribution is -0.120. The molecule has 1 aromatic heterocycles. The number of carbonyl (C=O) groups is 1. The number of rotatable bonds is 7. The monoisotopic (exact) mass is 455 g/mol. The number of ether oxygens (including phenoxy) is 2. The number of fused-ring (bicyclic) bond motifs is 3. The molecule has 8 heteroatoms. The van der Waals surface area contributed by atoms with Crippen LogP contribution in [0.3, 0.4) is 0 Å². The minimum Gasteiger partial charge on any atom is -0.492 e. The first-order valence-electron chi connectivity index (χ1n) is 11.0. The number of aromatic nitrogens is 1. The predicted octanol–water partition coefficient (Wildman–Crippen LogP) is 4.74. The van der Waals surface area contributed by atoms with Gasteiger partial charge in [-0.1, -0.05) is 17.4 Å². The SMILES string of the molecule is CC(=O)NC1CC2CCC(C1)N2CCOc1ccc(Oc2nc3c(F)cccc3s2)cc1. The van der Waals surface area contributed by atoms with E-state index in [1.807, 2.05) is 30.3 Å². The molecule has 168 valence electrons. The maximum atomic E-state index is 13.8. The highest BCUT2D eigenvalue weighted by molar-refractivity contribution is 7.20. The lowest BCUT2D eigenvalue weighted by Gasteiger charge is -2.39. The number of amides is 1. The Bertz CT molecular complexity index is 1090. The standard InChI is InChI=1S/C24H26FN3O3S/c1-15(29)26-16-13-17-5-6-18(14-16)28(17)11-12-30-19-7-9-20(10-8-19)31-24-27-23-21(25)3-2-4-22(23)32-24/h2-4,7-10,16-18H,5-6,11-14H2,1H3,(H,26,29). The zero-order valence-corrected chi connectivity index (χ0v) is 18.7. The Labute approximate surface area is 190 Å². The molecule has 3 heterocycles. The second-order valence-electron chi connectivity index (χ2n) is 8.48. The molecule has 2 atom stereocenters. The van der Waals surface area contributed by atoms with Crippen LogP contribution in [0.1, 0.15) is 32.6 Å². The van der Waals surface area contributed by atoms with E-state index in [2.05, 4.69) is 15.2 Å². The normalized spacial score (nSPS) is 22.8. The van der Waals surface area contributed by atoms with Gasteiger partial charge >= 0.3 is 0 Å². The number of nitrogens with one attached hydrogen (secondary N) is 1. The van der Waals surface area contributed by atoms with E-state index in [9.17, 15) is 9.18 Å². The third-order valence-electron chi connectivity index (χ3n) is 6.29. The molecule has 2 aromatic carbocycles. The van der Waals surface area contributed by atoms with Gasteiger partial charge in [-0.25, -0.2) is 4.39 Å². The van der Waals surface area contributed by atoms with Crippen LogP contribution in [0, 0.1) is 5.82 Å². The minimum absolute atomic E-state index is 0.0638. The fraction of sp³-hybridized carbons (Fsp3) is 0.417. The van der Waals surface area contributed by atoms with Crippen molar-refractivity contribution < 1.29 is 18.7 Å². The van der Waals surface area contributed by atoms with E-state index in [4.69, 9.17) is 9.47 Å². The topological polar surface area (TPSA) is 63.7 Å². The van der Waals surface area contributed by atoms with Crippen LogP contribution in [-0.2, 0) is 4.79 Å². The van der Waals surface area contributed by atoms with Gasteiger partial charge in [-0.05, 0) is 62.1 Å². The molecule has 1 N–H and O–H groups in total. The third kappa shape index (κ3) is 4.56. The summed E-state index contributed by atoms with van der Waals surface area (Å²) in [6.07, 6.45) is 4.44. The highest BCUT2D eigenvalue weighted by Gasteiger charge is 2.40. The van der Waals surface area contributed by atoms with Gasteiger partial charge in [0.2, 0.25) is 5.91 Å². The van der Waals surface area contributed by atoms with Gasteiger partial charge in [-0.2, -0.15) is 4.98 Å². The fourth-order valence-corrected chi connectivity index (χ4v) is 5.81. The van der Waals surface area contributed by atoms with Crippen molar-refractivity contribution >= 4 is 27.5 Å². The van der Waals surface area contributed by atoms with Crippen LogP contribution >= 0.6 is 11.3 Å². The average Bonchev–Trinajstić information content (AvgIpc) is 3.27. The molecule has 5 rings (SSSR count). The van der Waals surface area contributed by atoms with Crippen molar-refractivity contribution in [2.24, 2.45) is 0 Å². The molecule has 0 aliphatic carbocycles. The van der Waals surface area contributed by atoms with E-state index in [0.717, 1.165) is 29.8 Å². The number of benzene rings is 2. The van der Waals surface area contributed by atoms with E-state index in [-0.39, 0.29) is 11.7 Å². The fourth-order valence-electron chi connectivity index (χ4n) is 4.96. The molecule has 2 fully saturated rings. The summed E-state index contributed by atoms with van der Waals surface area (Å²) >= 11 is 1.32. The second kappa shape index (κ2) is 9.03. The van der Waals surface area contributed by atoms with E-state index in [1.54, 1.807) is 13.0 Å². The van der Waals surface area contributed by atoms with Crippen LogP contribution < -0.4 is 14.8 Å². The highest BCUT2D eigenvalue weighted by Crippen LogP contribution is 2.36. The molecule has 0 saturated carbocycles. The summed E-state index contributed by atoms with van der Waals surface area (Å²) in [7, 11) is 0. The Kier molecular flexibility index (Phi) is 5.97. The molecule has 2 saturated heterocycles. The van der Waals surface area contributed by atoms with Crippen LogP contribution in [0.2, 0.25) is 0 Å². The van der Waals surface area contributed by atoms with Crippen molar-refractivity contribution in [2.75, 3.05) is 13.2 Å². The van der Waals surface area contributed by atoms with Crippen molar-refractivity contribution in [3.05, 3.63) is 48.3 Å². The van der Waals surface area contributed by atoms with Gasteiger partial charge in [0.15, 0.2) is 0 Å². The predicted molar refractivity (Wildman–Crippen MR) is 122 cm³/mol. The molecular formula is C24H26FN3O3S. The van der Waals surface area contributed by atoms with Crippen LogP contribution in [0.15, 0.2) is 42.5 Å². The van der Waals surface area contributed by atoms with Crippen molar-refractivity contribution in [1.82, 2.24) is 15.2 Å². The molecule has 2 aliphatic heterocycles. The number of halogens is 1. The first kappa shape index (κ1) is 21.2. The van der Waals surface area contributed by atoms with Crippen LogP contribution in [0.5, 0.6) is 16.7 Å². The van der Waals surface area contributed by atoms with Gasteiger partial charge in [0.05, 0.1) is 4.70 Å². The van der Waals surface area contributed by atoms with Crippen LogP contribution in [-0.4, -0.2) is 47.1 Å². The maximum Gasteiger partial charge on any atom is 0.279 e. The van der Waals surface area contributed by atoms with Gasteiger partial charge in [-0.3, -0.25) is 9.69 Å². The molecular weight excluding hydrogens is 429 g/mol.